The normalized spacial score (nSPS) is 23.9. The molecule has 0 radical (unpaired) electrons. The molecule has 2 aromatic carbocycles. The van der Waals surface area contributed by atoms with E-state index in [0.717, 1.165) is 43.2 Å². The maximum Gasteiger partial charge on any atom is 0.161 e. The number of rotatable bonds is 11. The number of benzene rings is 2. The molecule has 4 atom stereocenters. The summed E-state index contributed by atoms with van der Waals surface area (Å²) in [5.74, 6) is 0.0427. The summed E-state index contributed by atoms with van der Waals surface area (Å²) in [6, 6.07) is 12.5. The van der Waals surface area contributed by atoms with Crippen LogP contribution in [0.15, 0.2) is 72.8 Å². The minimum atomic E-state index is -1.67. The van der Waals surface area contributed by atoms with E-state index in [9.17, 15) is 8.78 Å². The van der Waals surface area contributed by atoms with E-state index in [-0.39, 0.29) is 11.9 Å². The molecule has 4 rings (SSSR count). The van der Waals surface area contributed by atoms with Crippen LogP contribution in [-0.4, -0.2) is 19.0 Å². The van der Waals surface area contributed by atoms with Crippen LogP contribution in [0.5, 0.6) is 0 Å². The third-order valence-corrected chi connectivity index (χ3v) is 7.75. The molecule has 37 heavy (non-hydrogen) atoms. The molecule has 1 heterocycles. The minimum absolute atomic E-state index is 0.236. The number of unbranched alkanes of at least 4 members (excludes halogenated alkanes) is 5. The van der Waals surface area contributed by atoms with E-state index in [4.69, 9.17) is 4.74 Å². The topological polar surface area (TPSA) is 9.23 Å². The van der Waals surface area contributed by atoms with Gasteiger partial charge in [0.05, 0.1) is 12.7 Å². The SMILES string of the molecule is C=CC1CCC(c2ccc(-c3ccc(C4=CC=C(CCCCCCCC)C(F)C4F)cc3)cc2F)OC1. The second-order valence-corrected chi connectivity index (χ2v) is 10.4. The van der Waals surface area contributed by atoms with Gasteiger partial charge in [-0.05, 0) is 59.6 Å². The van der Waals surface area contributed by atoms with Crippen molar-refractivity contribution in [3.8, 4) is 11.1 Å². The zero-order valence-electron chi connectivity index (χ0n) is 21.9. The van der Waals surface area contributed by atoms with Crippen LogP contribution >= 0.6 is 0 Å². The molecule has 0 bridgehead atoms. The van der Waals surface area contributed by atoms with Crippen molar-refractivity contribution in [1.29, 1.82) is 0 Å². The zero-order chi connectivity index (χ0) is 26.2. The summed E-state index contributed by atoms with van der Waals surface area (Å²) in [4.78, 5) is 0. The van der Waals surface area contributed by atoms with Gasteiger partial charge in [0.25, 0.3) is 0 Å². The van der Waals surface area contributed by atoms with Crippen molar-refractivity contribution in [1.82, 2.24) is 0 Å². The van der Waals surface area contributed by atoms with E-state index >= 15 is 4.39 Å². The van der Waals surface area contributed by atoms with E-state index in [1.165, 1.54) is 25.3 Å². The molecule has 4 heteroatoms. The molecule has 1 fully saturated rings. The van der Waals surface area contributed by atoms with Gasteiger partial charge in [-0.3, -0.25) is 0 Å². The lowest BCUT2D eigenvalue weighted by Gasteiger charge is -2.28. The number of alkyl halides is 2. The second kappa shape index (κ2) is 13.3. The molecule has 0 N–H and O–H groups in total. The number of halogens is 3. The first-order valence-corrected chi connectivity index (χ1v) is 13.8. The van der Waals surface area contributed by atoms with Crippen LogP contribution in [0, 0.1) is 11.7 Å². The molecule has 1 nitrogen and oxygen atoms in total. The Kier molecular flexibility index (Phi) is 9.85. The number of allylic oxidation sites excluding steroid dienone is 4. The largest absolute Gasteiger partial charge is 0.373 e. The molecular weight excluding hydrogens is 469 g/mol. The Balaban J connectivity index is 1.40. The van der Waals surface area contributed by atoms with Gasteiger partial charge in [-0.1, -0.05) is 93.7 Å². The van der Waals surface area contributed by atoms with Crippen molar-refractivity contribution < 1.29 is 17.9 Å². The summed E-state index contributed by atoms with van der Waals surface area (Å²) in [6.45, 7) is 6.56. The predicted molar refractivity (Wildman–Crippen MR) is 147 cm³/mol. The Morgan fingerprint density at radius 2 is 1.57 bits per heavy atom. The molecule has 1 aliphatic carbocycles. The van der Waals surface area contributed by atoms with Crippen LogP contribution < -0.4 is 0 Å². The fourth-order valence-electron chi connectivity index (χ4n) is 5.34. The highest BCUT2D eigenvalue weighted by Crippen LogP contribution is 2.36. The number of hydrogen-bond donors (Lipinski definition) is 0. The van der Waals surface area contributed by atoms with Gasteiger partial charge in [0, 0.05) is 11.5 Å². The van der Waals surface area contributed by atoms with E-state index in [2.05, 4.69) is 13.5 Å². The summed E-state index contributed by atoms with van der Waals surface area (Å²) in [5.41, 5.74) is 3.71. The van der Waals surface area contributed by atoms with Crippen molar-refractivity contribution in [3.05, 3.63) is 89.8 Å². The highest BCUT2D eigenvalue weighted by molar-refractivity contribution is 5.75. The summed E-state index contributed by atoms with van der Waals surface area (Å²) < 4.78 is 50.8. The molecule has 2 aliphatic rings. The Hall–Kier alpha value is -2.59. The average molecular weight is 509 g/mol. The van der Waals surface area contributed by atoms with Gasteiger partial charge < -0.3 is 4.74 Å². The first kappa shape index (κ1) is 27.4. The smallest absolute Gasteiger partial charge is 0.161 e. The van der Waals surface area contributed by atoms with Crippen LogP contribution in [-0.2, 0) is 4.74 Å². The van der Waals surface area contributed by atoms with Crippen molar-refractivity contribution in [2.24, 2.45) is 5.92 Å². The first-order chi connectivity index (χ1) is 18.0. The molecule has 2 aromatic rings. The van der Waals surface area contributed by atoms with Gasteiger partial charge in [0.1, 0.15) is 5.82 Å². The lowest BCUT2D eigenvalue weighted by atomic mass is 9.87. The number of ether oxygens (including phenoxy) is 1. The Labute approximate surface area is 220 Å². The summed E-state index contributed by atoms with van der Waals surface area (Å²) >= 11 is 0. The third-order valence-electron chi connectivity index (χ3n) is 7.75. The van der Waals surface area contributed by atoms with Crippen LogP contribution in [0.25, 0.3) is 16.7 Å². The van der Waals surface area contributed by atoms with Crippen molar-refractivity contribution in [3.63, 3.8) is 0 Å². The molecule has 1 aliphatic heterocycles. The summed E-state index contributed by atoms with van der Waals surface area (Å²) in [6.07, 6.45) is 11.0. The molecular formula is C33H39F3O. The quantitative estimate of drug-likeness (QED) is 0.217. The standard InChI is InChI=1S/C33H39F3O/c1-3-5-6-7-8-9-10-26-16-18-28(33(36)32(26)35)25-14-12-24(13-15-25)27-17-19-29(30(34)21-27)31-20-11-23(4-2)22-37-31/h4,12-19,21,23,31-33H,2-3,5-11,20,22H2,1H3. The molecule has 0 aromatic heterocycles. The minimum Gasteiger partial charge on any atom is -0.373 e. The Morgan fingerprint density at radius 1 is 0.865 bits per heavy atom. The van der Waals surface area contributed by atoms with Gasteiger partial charge in [0.15, 0.2) is 12.3 Å². The maximum absolute atomic E-state index is 15.0. The third kappa shape index (κ3) is 6.84. The highest BCUT2D eigenvalue weighted by Gasteiger charge is 2.31. The molecule has 0 saturated carbocycles. The predicted octanol–water partition coefficient (Wildman–Crippen LogP) is 9.90. The average Bonchev–Trinajstić information content (AvgIpc) is 2.93. The number of hydrogen-bond acceptors (Lipinski definition) is 1. The van der Waals surface area contributed by atoms with E-state index in [1.807, 2.05) is 24.3 Å². The maximum atomic E-state index is 15.0. The molecule has 4 unspecified atom stereocenters. The lowest BCUT2D eigenvalue weighted by molar-refractivity contribution is -0.00700. The fourth-order valence-corrected chi connectivity index (χ4v) is 5.34. The monoisotopic (exact) mass is 508 g/mol. The van der Waals surface area contributed by atoms with Crippen LogP contribution in [0.3, 0.4) is 0 Å². The molecule has 0 amide bonds. The van der Waals surface area contributed by atoms with E-state index in [0.29, 0.717) is 41.2 Å². The fraction of sp³-hybridized carbons (Fsp3) is 0.455. The van der Waals surface area contributed by atoms with E-state index in [1.54, 1.807) is 30.4 Å². The van der Waals surface area contributed by atoms with Crippen LogP contribution in [0.4, 0.5) is 13.2 Å². The zero-order valence-corrected chi connectivity index (χ0v) is 21.9. The van der Waals surface area contributed by atoms with Gasteiger partial charge in [-0.15, -0.1) is 6.58 Å². The van der Waals surface area contributed by atoms with Gasteiger partial charge in [0.2, 0.25) is 0 Å². The molecule has 0 spiro atoms. The van der Waals surface area contributed by atoms with Crippen LogP contribution in [0.1, 0.15) is 81.9 Å². The van der Waals surface area contributed by atoms with Gasteiger partial charge in [-0.25, -0.2) is 13.2 Å². The van der Waals surface area contributed by atoms with Gasteiger partial charge in [-0.2, -0.15) is 0 Å². The summed E-state index contributed by atoms with van der Waals surface area (Å²) in [5, 5.41) is 0. The van der Waals surface area contributed by atoms with Crippen LogP contribution in [0.2, 0.25) is 0 Å². The van der Waals surface area contributed by atoms with Crippen molar-refractivity contribution in [2.45, 2.75) is 83.2 Å². The lowest BCUT2D eigenvalue weighted by Crippen LogP contribution is -2.24. The van der Waals surface area contributed by atoms with E-state index < -0.39 is 12.3 Å². The molecule has 1 saturated heterocycles. The summed E-state index contributed by atoms with van der Waals surface area (Å²) in [7, 11) is 0. The Bertz CT molecular complexity index is 1090. The second-order valence-electron chi connectivity index (χ2n) is 10.4. The molecule has 198 valence electrons. The van der Waals surface area contributed by atoms with Gasteiger partial charge >= 0.3 is 0 Å². The first-order valence-electron chi connectivity index (χ1n) is 13.8. The Morgan fingerprint density at radius 3 is 2.24 bits per heavy atom. The highest BCUT2D eigenvalue weighted by atomic mass is 19.2. The van der Waals surface area contributed by atoms with Crippen molar-refractivity contribution >= 4 is 5.57 Å². The van der Waals surface area contributed by atoms with Crippen molar-refractivity contribution in [2.75, 3.05) is 6.61 Å².